The van der Waals surface area contributed by atoms with Crippen LogP contribution in [0.3, 0.4) is 0 Å². The number of carbonyl (C=O) groups excluding carboxylic acids is 1. The number of hydrogen-bond acceptors (Lipinski definition) is 6. The number of nitrogens with one attached hydrogen (secondary N) is 1. The number of nitro benzene ring substituents is 1. The summed E-state index contributed by atoms with van der Waals surface area (Å²) in [5.74, 6) is -0.394. The van der Waals surface area contributed by atoms with E-state index in [0.29, 0.717) is 24.7 Å². The number of para-hydroxylation sites is 1. The first-order valence-corrected chi connectivity index (χ1v) is 10.2. The maximum Gasteiger partial charge on any atom is 0.416 e. The van der Waals surface area contributed by atoms with Crippen LogP contribution in [0.15, 0.2) is 52.9 Å². The molecule has 0 unspecified atom stereocenters. The quantitative estimate of drug-likeness (QED) is 0.343. The molecule has 1 saturated heterocycles. The number of alkyl halides is 3. The average Bonchev–Trinajstić information content (AvgIpc) is 3.22. The number of hydrogen-bond donors (Lipinski definition) is 1. The van der Waals surface area contributed by atoms with Gasteiger partial charge >= 0.3 is 6.18 Å². The van der Waals surface area contributed by atoms with Gasteiger partial charge in [-0.15, -0.1) is 0 Å². The number of carbonyl (C=O) groups is 1. The number of nitro groups is 1. The Labute approximate surface area is 190 Å². The molecule has 1 fully saturated rings. The fourth-order valence-electron chi connectivity index (χ4n) is 3.60. The Balaban J connectivity index is 1.40. The molecule has 0 aliphatic carbocycles. The number of rotatable bonds is 3. The van der Waals surface area contributed by atoms with Gasteiger partial charge in [0.2, 0.25) is 0 Å². The second kappa shape index (κ2) is 8.70. The minimum atomic E-state index is -4.67. The number of nitrogens with zero attached hydrogens (tertiary/aromatic N) is 3. The van der Waals surface area contributed by atoms with E-state index in [-0.39, 0.29) is 29.6 Å². The fraction of sp³-hybridized carbons (Fsp3) is 0.238. The Hall–Kier alpha value is -3.67. The minimum Gasteiger partial charge on any atom is -0.451 e. The Morgan fingerprint density at radius 2 is 1.79 bits per heavy atom. The van der Waals surface area contributed by atoms with E-state index < -0.39 is 28.3 Å². The van der Waals surface area contributed by atoms with Crippen LogP contribution in [-0.2, 0) is 6.18 Å². The lowest BCUT2D eigenvalue weighted by Crippen LogP contribution is -2.52. The van der Waals surface area contributed by atoms with Gasteiger partial charge in [-0.3, -0.25) is 20.2 Å². The lowest BCUT2D eigenvalue weighted by Gasteiger charge is -2.36. The van der Waals surface area contributed by atoms with Crippen LogP contribution < -0.4 is 10.2 Å². The van der Waals surface area contributed by atoms with Gasteiger partial charge in [-0.05, 0) is 36.5 Å². The number of amides is 1. The molecule has 8 nitrogen and oxygen atoms in total. The molecule has 2 aromatic carbocycles. The third-order valence-corrected chi connectivity index (χ3v) is 5.64. The van der Waals surface area contributed by atoms with Gasteiger partial charge in [-0.2, -0.15) is 13.2 Å². The maximum absolute atomic E-state index is 12.9. The summed E-state index contributed by atoms with van der Waals surface area (Å²) in [5.41, 5.74) is -1.02. The second-order valence-electron chi connectivity index (χ2n) is 7.34. The molecule has 33 heavy (non-hydrogen) atoms. The van der Waals surface area contributed by atoms with Gasteiger partial charge in [-0.1, -0.05) is 18.2 Å². The largest absolute Gasteiger partial charge is 0.451 e. The molecule has 172 valence electrons. The molecule has 1 aromatic heterocycles. The summed E-state index contributed by atoms with van der Waals surface area (Å²) in [6, 6.07) is 11.3. The van der Waals surface area contributed by atoms with Crippen LogP contribution in [0, 0.1) is 10.1 Å². The number of anilines is 1. The first-order valence-electron chi connectivity index (χ1n) is 9.83. The van der Waals surface area contributed by atoms with Gasteiger partial charge in [-0.25, -0.2) is 0 Å². The zero-order chi connectivity index (χ0) is 23.8. The predicted octanol–water partition coefficient (Wildman–Crippen LogP) is 4.20. The Morgan fingerprint density at radius 3 is 2.42 bits per heavy atom. The van der Waals surface area contributed by atoms with Crippen LogP contribution >= 0.6 is 12.2 Å². The zero-order valence-corrected chi connectivity index (χ0v) is 17.8. The summed E-state index contributed by atoms with van der Waals surface area (Å²) < 4.78 is 44.3. The lowest BCUT2D eigenvalue weighted by molar-refractivity contribution is -0.384. The molecule has 1 aliphatic rings. The first-order chi connectivity index (χ1) is 15.6. The van der Waals surface area contributed by atoms with Crippen molar-refractivity contribution < 1.29 is 27.3 Å². The summed E-state index contributed by atoms with van der Waals surface area (Å²) in [6.07, 6.45) is -4.67. The molecule has 0 saturated carbocycles. The molecule has 0 radical (unpaired) electrons. The van der Waals surface area contributed by atoms with Crippen LogP contribution in [0.25, 0.3) is 11.0 Å². The van der Waals surface area contributed by atoms with Crippen molar-refractivity contribution in [2.24, 2.45) is 0 Å². The van der Waals surface area contributed by atoms with E-state index in [1.165, 1.54) is 0 Å². The number of furan rings is 1. The second-order valence-corrected chi connectivity index (χ2v) is 7.73. The fourth-order valence-corrected chi connectivity index (χ4v) is 3.87. The molecular weight excluding hydrogens is 461 g/mol. The van der Waals surface area contributed by atoms with Crippen molar-refractivity contribution >= 4 is 45.6 Å². The van der Waals surface area contributed by atoms with Crippen molar-refractivity contribution in [1.29, 1.82) is 0 Å². The number of fused-ring (bicyclic) bond motifs is 1. The summed E-state index contributed by atoms with van der Waals surface area (Å²) in [7, 11) is 0. The molecule has 3 aromatic rings. The Morgan fingerprint density at radius 1 is 1.09 bits per heavy atom. The maximum atomic E-state index is 12.9. The molecule has 1 N–H and O–H groups in total. The first kappa shape index (κ1) is 22.5. The Bertz CT molecular complexity index is 1200. The van der Waals surface area contributed by atoms with Crippen molar-refractivity contribution in [2.45, 2.75) is 6.18 Å². The molecule has 2 heterocycles. The third-order valence-electron chi connectivity index (χ3n) is 5.28. The van der Waals surface area contributed by atoms with Crippen LogP contribution in [0.1, 0.15) is 16.1 Å². The topological polar surface area (TPSA) is 91.9 Å². The summed E-state index contributed by atoms with van der Waals surface area (Å²) in [4.78, 5) is 26.4. The highest BCUT2D eigenvalue weighted by atomic mass is 32.1. The van der Waals surface area contributed by atoms with Crippen molar-refractivity contribution in [3.8, 4) is 0 Å². The van der Waals surface area contributed by atoms with E-state index >= 15 is 0 Å². The standard InChI is InChI=1S/C21H17F3N4O4S/c22-21(23,24)14-5-6-15(16(12-14)28(30)31)26-7-9-27(10-8-26)20(33)25-19(29)18-11-13-3-1-2-4-17(13)32-18/h1-6,11-12H,7-10H2,(H,25,29,33). The van der Waals surface area contributed by atoms with Crippen molar-refractivity contribution in [3.05, 3.63) is 70.0 Å². The molecule has 0 bridgehead atoms. The highest BCUT2D eigenvalue weighted by molar-refractivity contribution is 7.80. The zero-order valence-electron chi connectivity index (χ0n) is 17.0. The monoisotopic (exact) mass is 478 g/mol. The van der Waals surface area contributed by atoms with E-state index in [9.17, 15) is 28.1 Å². The van der Waals surface area contributed by atoms with Gasteiger partial charge in [0.25, 0.3) is 11.6 Å². The number of benzene rings is 2. The predicted molar refractivity (Wildman–Crippen MR) is 118 cm³/mol. The number of thiocarbonyl (C=S) groups is 1. The minimum absolute atomic E-state index is 0.102. The van der Waals surface area contributed by atoms with Crippen LogP contribution in [0.4, 0.5) is 24.5 Å². The summed E-state index contributed by atoms with van der Waals surface area (Å²) >= 11 is 5.31. The highest BCUT2D eigenvalue weighted by Crippen LogP contribution is 2.36. The van der Waals surface area contributed by atoms with Gasteiger partial charge in [0.1, 0.15) is 11.3 Å². The molecule has 12 heteroatoms. The normalized spacial score (nSPS) is 14.4. The van der Waals surface area contributed by atoms with Crippen molar-refractivity contribution in [2.75, 3.05) is 31.1 Å². The van der Waals surface area contributed by atoms with E-state index in [4.69, 9.17) is 16.6 Å². The highest BCUT2D eigenvalue weighted by Gasteiger charge is 2.34. The van der Waals surface area contributed by atoms with E-state index in [2.05, 4.69) is 5.32 Å². The van der Waals surface area contributed by atoms with Crippen LogP contribution in [-0.4, -0.2) is 47.0 Å². The molecule has 1 aliphatic heterocycles. The van der Waals surface area contributed by atoms with Gasteiger partial charge in [0.15, 0.2) is 10.9 Å². The van der Waals surface area contributed by atoms with Gasteiger partial charge in [0, 0.05) is 37.6 Å². The molecule has 4 rings (SSSR count). The average molecular weight is 478 g/mol. The lowest BCUT2D eigenvalue weighted by atomic mass is 10.1. The molecule has 1 amide bonds. The van der Waals surface area contributed by atoms with Crippen molar-refractivity contribution in [1.82, 2.24) is 10.2 Å². The van der Waals surface area contributed by atoms with E-state index in [1.807, 2.05) is 12.1 Å². The van der Waals surface area contributed by atoms with Gasteiger partial charge in [0.05, 0.1) is 10.5 Å². The number of piperazine rings is 1. The third kappa shape index (κ3) is 4.75. The smallest absolute Gasteiger partial charge is 0.416 e. The number of halogens is 3. The molecule has 0 atom stereocenters. The van der Waals surface area contributed by atoms with Crippen molar-refractivity contribution in [3.63, 3.8) is 0 Å². The van der Waals surface area contributed by atoms with Gasteiger partial charge < -0.3 is 14.2 Å². The van der Waals surface area contributed by atoms with E-state index in [1.54, 1.807) is 28.0 Å². The summed E-state index contributed by atoms with van der Waals surface area (Å²) in [6.45, 7) is 1.18. The molecular formula is C21H17F3N4O4S. The van der Waals surface area contributed by atoms with Crippen LogP contribution in [0.2, 0.25) is 0 Å². The Kier molecular flexibility index (Phi) is 5.93. The van der Waals surface area contributed by atoms with Crippen LogP contribution in [0.5, 0.6) is 0 Å². The molecule has 0 spiro atoms. The van der Waals surface area contributed by atoms with E-state index in [0.717, 1.165) is 17.5 Å². The SMILES string of the molecule is O=C(NC(=S)N1CCN(c2ccc(C(F)(F)F)cc2[N+](=O)[O-])CC1)c1cc2ccccc2o1. The summed E-state index contributed by atoms with van der Waals surface area (Å²) in [5, 5.41) is 14.9.